The van der Waals surface area contributed by atoms with Crippen LogP contribution in [-0.2, 0) is 12.0 Å². The maximum Gasteiger partial charge on any atom is 0.405 e. The Morgan fingerprint density at radius 1 is 1.16 bits per heavy atom. The van der Waals surface area contributed by atoms with Gasteiger partial charge in [-0.1, -0.05) is 13.0 Å². The van der Waals surface area contributed by atoms with Gasteiger partial charge in [-0.3, -0.25) is 9.36 Å². The molecule has 0 fully saturated rings. The molecule has 1 aliphatic heterocycles. The van der Waals surface area contributed by atoms with Crippen LogP contribution in [0.2, 0.25) is 0 Å². The molecule has 1 aliphatic rings. The zero-order valence-electron chi connectivity index (χ0n) is 31.8. The van der Waals surface area contributed by atoms with E-state index in [0.717, 1.165) is 22.1 Å². The first-order valence-electron chi connectivity index (χ1n) is 18.1. The molecule has 7 rings (SSSR count). The molecule has 0 saturated carbocycles. The molecule has 286 valence electrons. The maximum atomic E-state index is 15.1. The average molecular weight is 750 g/mol. The van der Waals surface area contributed by atoms with E-state index >= 15 is 4.79 Å². The molecule has 0 radical (unpaired) electrons. The fourth-order valence-corrected chi connectivity index (χ4v) is 7.95. The molecule has 2 aromatic carbocycles. The predicted molar refractivity (Wildman–Crippen MR) is 206 cm³/mol. The monoisotopic (exact) mass is 749 g/mol. The molecule has 0 spiro atoms. The third-order valence-electron chi connectivity index (χ3n) is 11.1. The number of halogens is 1. The van der Waals surface area contributed by atoms with Crippen LogP contribution in [0.15, 0.2) is 65.8 Å². The second-order valence-corrected chi connectivity index (χ2v) is 14.3. The Morgan fingerprint density at radius 2 is 1.89 bits per heavy atom. The minimum Gasteiger partial charge on any atom is -0.481 e. The number of nitrogens with one attached hydrogen (secondary N) is 2. The second-order valence-electron chi connectivity index (χ2n) is 14.3. The first-order valence-corrected chi connectivity index (χ1v) is 18.1. The number of imidazole rings is 1. The van der Waals surface area contributed by atoms with Crippen LogP contribution in [0.5, 0.6) is 5.88 Å². The Labute approximate surface area is 316 Å². The number of hydrogen-bond donors (Lipinski definition) is 4. The molecule has 0 bridgehead atoms. The Kier molecular flexibility index (Phi) is 9.37. The predicted octanol–water partition coefficient (Wildman–Crippen LogP) is 5.88. The van der Waals surface area contributed by atoms with Crippen LogP contribution in [-0.4, -0.2) is 70.7 Å². The number of nitrogens with two attached hydrogens (primary N) is 1. The number of carbonyl (C=O) groups excluding carboxylic acids is 1. The number of carbonyl (C=O) groups is 2. The molecule has 3 atom stereocenters. The van der Waals surface area contributed by atoms with E-state index in [-0.39, 0.29) is 11.7 Å². The number of carboxylic acid groups (broad SMARTS) is 1. The maximum absolute atomic E-state index is 15.1. The van der Waals surface area contributed by atoms with E-state index in [1.165, 1.54) is 10.8 Å². The summed E-state index contributed by atoms with van der Waals surface area (Å²) < 4.78 is 25.2. The summed E-state index contributed by atoms with van der Waals surface area (Å²) in [6.07, 6.45) is 3.20. The summed E-state index contributed by atoms with van der Waals surface area (Å²) in [5, 5.41) is 17.8. The standard InChI is InChI=1S/C40H44FN9O5/c1-8-40(6,37(42)45-39(53)54)49-30-10-9-25(28-11-13-43-34(55-7)23(28)4)19-26(30)20-31(49)36(51)47-15-12-29-32(24(47)5)35(48-16-14-44-38(48)52)50(46-29)27-17-21(2)33(41)22(3)18-27/h9-11,13-14,16-20,24,37,45H,8,12,15,42H2,1-7H3,(H,44,52)(H,53,54)/t24-,37-,40?/m0/s1. The number of aromatic amines is 1. The van der Waals surface area contributed by atoms with Gasteiger partial charge in [-0.25, -0.2) is 23.6 Å². The largest absolute Gasteiger partial charge is 0.481 e. The van der Waals surface area contributed by atoms with Crippen molar-refractivity contribution in [3.8, 4) is 28.5 Å². The van der Waals surface area contributed by atoms with Crippen LogP contribution in [0, 0.1) is 26.6 Å². The van der Waals surface area contributed by atoms with Gasteiger partial charge in [0.15, 0.2) is 0 Å². The van der Waals surface area contributed by atoms with E-state index in [2.05, 4.69) is 15.3 Å². The highest BCUT2D eigenvalue weighted by atomic mass is 19.1. The van der Waals surface area contributed by atoms with Crippen LogP contribution in [0.25, 0.3) is 33.5 Å². The van der Waals surface area contributed by atoms with Crippen molar-refractivity contribution in [1.82, 2.24) is 39.1 Å². The summed E-state index contributed by atoms with van der Waals surface area (Å²) in [4.78, 5) is 49.0. The summed E-state index contributed by atoms with van der Waals surface area (Å²) >= 11 is 0. The van der Waals surface area contributed by atoms with Crippen molar-refractivity contribution in [2.75, 3.05) is 13.7 Å². The molecule has 55 heavy (non-hydrogen) atoms. The Morgan fingerprint density at radius 3 is 2.53 bits per heavy atom. The Balaban J connectivity index is 1.40. The summed E-state index contributed by atoms with van der Waals surface area (Å²) in [5.74, 6) is 0.314. The highest BCUT2D eigenvalue weighted by Gasteiger charge is 2.41. The lowest BCUT2D eigenvalue weighted by Gasteiger charge is -2.39. The van der Waals surface area contributed by atoms with Gasteiger partial charge in [0.2, 0.25) is 5.88 Å². The van der Waals surface area contributed by atoms with E-state index in [1.807, 2.05) is 62.6 Å². The normalized spacial score (nSPS) is 15.8. The number of rotatable bonds is 9. The second kappa shape index (κ2) is 13.9. The van der Waals surface area contributed by atoms with Crippen LogP contribution >= 0.6 is 0 Å². The molecule has 14 nitrogen and oxygen atoms in total. The number of H-pyrrole nitrogens is 1. The van der Waals surface area contributed by atoms with E-state index in [0.29, 0.717) is 70.4 Å². The Hall–Kier alpha value is -6.22. The molecular weight excluding hydrogens is 705 g/mol. The van der Waals surface area contributed by atoms with Crippen LogP contribution in [0.1, 0.15) is 71.7 Å². The van der Waals surface area contributed by atoms with E-state index < -0.39 is 29.5 Å². The molecule has 5 heterocycles. The highest BCUT2D eigenvalue weighted by molar-refractivity contribution is 6.00. The number of ether oxygens (including phenoxy) is 1. The van der Waals surface area contributed by atoms with Gasteiger partial charge in [0, 0.05) is 53.6 Å². The number of benzene rings is 2. The first-order chi connectivity index (χ1) is 26.2. The number of methoxy groups -OCH3 is 1. The molecule has 0 aliphatic carbocycles. The average Bonchev–Trinajstić information content (AvgIpc) is 3.87. The van der Waals surface area contributed by atoms with Gasteiger partial charge in [-0.05, 0) is 99.7 Å². The number of pyridine rings is 1. The minimum absolute atomic E-state index is 0.304. The number of amides is 2. The lowest BCUT2D eigenvalue weighted by atomic mass is 9.93. The number of hydrogen-bond acceptors (Lipinski definition) is 7. The van der Waals surface area contributed by atoms with E-state index in [4.69, 9.17) is 15.6 Å². The van der Waals surface area contributed by atoms with Gasteiger partial charge >= 0.3 is 11.8 Å². The van der Waals surface area contributed by atoms with Crippen molar-refractivity contribution >= 4 is 22.9 Å². The van der Waals surface area contributed by atoms with Gasteiger partial charge in [0.25, 0.3) is 5.91 Å². The van der Waals surface area contributed by atoms with Crippen LogP contribution in [0.3, 0.4) is 0 Å². The van der Waals surface area contributed by atoms with Crippen molar-refractivity contribution in [2.45, 2.75) is 72.1 Å². The van der Waals surface area contributed by atoms with Crippen molar-refractivity contribution < 1.29 is 23.8 Å². The Bertz CT molecular complexity index is 2530. The smallest absolute Gasteiger partial charge is 0.405 e. The third-order valence-corrected chi connectivity index (χ3v) is 11.1. The minimum atomic E-state index is -1.28. The summed E-state index contributed by atoms with van der Waals surface area (Å²) in [5.41, 5.74) is 11.6. The summed E-state index contributed by atoms with van der Waals surface area (Å²) in [7, 11) is 1.57. The molecule has 15 heteroatoms. The number of fused-ring (bicyclic) bond motifs is 2. The fourth-order valence-electron chi connectivity index (χ4n) is 7.95. The van der Waals surface area contributed by atoms with Crippen molar-refractivity contribution in [3.63, 3.8) is 0 Å². The zero-order valence-corrected chi connectivity index (χ0v) is 31.8. The molecule has 6 aromatic rings. The first kappa shape index (κ1) is 37.1. The summed E-state index contributed by atoms with van der Waals surface area (Å²) in [6, 6.07) is 12.4. The van der Waals surface area contributed by atoms with Gasteiger partial charge in [0.05, 0.1) is 30.1 Å². The molecular formula is C40H44FN9O5. The zero-order chi connectivity index (χ0) is 39.5. The van der Waals surface area contributed by atoms with Gasteiger partial charge in [-0.2, -0.15) is 5.10 Å². The number of aryl methyl sites for hydroxylation is 2. The van der Waals surface area contributed by atoms with Crippen LogP contribution < -0.4 is 21.5 Å². The van der Waals surface area contributed by atoms with Crippen molar-refractivity contribution in [3.05, 3.63) is 111 Å². The van der Waals surface area contributed by atoms with Gasteiger partial charge < -0.3 is 35.3 Å². The number of nitrogens with zero attached hydrogens (tertiary/aromatic N) is 6. The molecule has 2 amide bonds. The number of aromatic nitrogens is 6. The van der Waals surface area contributed by atoms with Crippen molar-refractivity contribution in [2.24, 2.45) is 5.73 Å². The highest BCUT2D eigenvalue weighted by Crippen LogP contribution is 2.40. The van der Waals surface area contributed by atoms with Gasteiger partial charge in [0.1, 0.15) is 23.5 Å². The SMILES string of the molecule is CCC(C)([C@@H](N)NC(=O)O)n1c(C(=O)N2CCc3nn(-c4cc(C)c(F)c(C)c4)c(-n4cc[nH]c4=O)c3[C@@H]2C)cc2cc(-c3ccnc(OC)c3C)ccc21. The van der Waals surface area contributed by atoms with E-state index in [9.17, 15) is 19.1 Å². The lowest BCUT2D eigenvalue weighted by Crippen LogP contribution is -2.58. The topological polar surface area (TPSA) is 178 Å². The molecule has 0 saturated heterocycles. The van der Waals surface area contributed by atoms with E-state index in [1.54, 1.807) is 55.1 Å². The molecule has 4 aromatic heterocycles. The lowest BCUT2D eigenvalue weighted by molar-refractivity contribution is 0.0653. The third kappa shape index (κ3) is 6.04. The molecule has 5 N–H and O–H groups in total. The fraction of sp³-hybridized carbons (Fsp3) is 0.325. The quantitative estimate of drug-likeness (QED) is 0.133. The van der Waals surface area contributed by atoms with Gasteiger partial charge in [-0.15, -0.1) is 0 Å². The molecule has 1 unspecified atom stereocenters. The summed E-state index contributed by atoms with van der Waals surface area (Å²) in [6.45, 7) is 11.2. The van der Waals surface area contributed by atoms with Crippen LogP contribution in [0.4, 0.5) is 9.18 Å². The van der Waals surface area contributed by atoms with Crippen molar-refractivity contribution in [1.29, 1.82) is 0 Å².